The molecule has 0 saturated heterocycles. The molecule has 12 heavy (non-hydrogen) atoms. The van der Waals surface area contributed by atoms with Gasteiger partial charge in [-0.2, -0.15) is 0 Å². The minimum Gasteiger partial charge on any atom is -0.300 e. The summed E-state index contributed by atoms with van der Waals surface area (Å²) in [6, 6.07) is 0. The average molecular weight is 182 g/mol. The molecule has 1 nitrogen and oxygen atoms in total. The summed E-state index contributed by atoms with van der Waals surface area (Å²) in [5.41, 5.74) is 0. The van der Waals surface area contributed by atoms with Crippen LogP contribution in [0.25, 0.3) is 0 Å². The normalized spacial score (nSPS) is 4.17. The zero-order valence-electron chi connectivity index (χ0n) is 4.32. The Kier molecular flexibility index (Phi) is 232. The van der Waals surface area contributed by atoms with Gasteiger partial charge in [-0.05, 0) is 0 Å². The lowest BCUT2D eigenvalue weighted by atomic mass is 10.3. The van der Waals surface area contributed by atoms with Crippen LogP contribution in [-0.4, -0.2) is 5.78 Å². The molecule has 0 N–H and O–H groups in total. The van der Waals surface area contributed by atoms with Crippen LogP contribution in [-0.2, 0) is 4.79 Å². The van der Waals surface area contributed by atoms with Crippen molar-refractivity contribution in [2.75, 3.05) is 0 Å². The number of ketones is 1. The Bertz CT molecular complexity index is 43.0. The van der Waals surface area contributed by atoms with Crippen LogP contribution in [0.15, 0.2) is 0 Å². The molecule has 0 radical (unpaired) electrons. The van der Waals surface area contributed by atoms with Crippen molar-refractivity contribution in [1.82, 2.24) is 0 Å². The number of hydrogen-bond acceptors (Lipinski definition) is 1. The Hall–Kier alpha value is -0.330. The summed E-state index contributed by atoms with van der Waals surface area (Å²) in [6.45, 7) is 3.76. The van der Waals surface area contributed by atoms with Gasteiger partial charge in [-0.1, -0.05) is 58.4 Å². The molecule has 1 heteroatoms. The van der Waals surface area contributed by atoms with Crippen molar-refractivity contribution < 1.29 is 4.79 Å². The summed E-state index contributed by atoms with van der Waals surface area (Å²) < 4.78 is 0. The number of carbonyl (C=O) groups excluding carboxylic acids is 1. The highest BCUT2D eigenvalue weighted by atomic mass is 16.1. The van der Waals surface area contributed by atoms with Gasteiger partial charge in [0.15, 0.2) is 0 Å². The van der Waals surface area contributed by atoms with Gasteiger partial charge < -0.3 is 0 Å². The highest BCUT2D eigenvalue weighted by Crippen LogP contribution is 1.82. The van der Waals surface area contributed by atoms with Gasteiger partial charge in [0.2, 0.25) is 0 Å². The average Bonchev–Trinajstić information content (AvgIpc) is 1.65. The van der Waals surface area contributed by atoms with Crippen molar-refractivity contribution in [3.8, 4) is 0 Å². The monoisotopic (exact) mass is 182 g/mol. The molecule has 0 heterocycles. The Morgan fingerprint density at radius 3 is 0.917 bits per heavy atom. The van der Waals surface area contributed by atoms with Crippen LogP contribution < -0.4 is 0 Å². The standard InChI is InChI=1S/C5H10O.6CH4/c1-3-5(6)4-2;;;;;;/h3-4H2,1-2H3;6*1H4. The molecule has 0 amide bonds. The molecule has 0 rings (SSSR count). The van der Waals surface area contributed by atoms with Crippen molar-refractivity contribution in [1.29, 1.82) is 0 Å². The first-order valence-electron chi connectivity index (χ1n) is 2.33. The largest absolute Gasteiger partial charge is 0.300 e. The molecule has 0 aromatic heterocycles. The van der Waals surface area contributed by atoms with Gasteiger partial charge in [-0.3, -0.25) is 4.79 Å². The second-order valence-corrected chi connectivity index (χ2v) is 1.25. The first kappa shape index (κ1) is 60.9. The van der Waals surface area contributed by atoms with Crippen molar-refractivity contribution >= 4 is 5.78 Å². The van der Waals surface area contributed by atoms with E-state index >= 15 is 0 Å². The summed E-state index contributed by atoms with van der Waals surface area (Å²) >= 11 is 0. The van der Waals surface area contributed by atoms with Crippen molar-refractivity contribution in [2.45, 2.75) is 71.2 Å². The van der Waals surface area contributed by atoms with Crippen LogP contribution in [0.2, 0.25) is 0 Å². The lowest BCUT2D eigenvalue weighted by Gasteiger charge is -1.81. The van der Waals surface area contributed by atoms with E-state index in [2.05, 4.69) is 0 Å². The molecule has 0 saturated carbocycles. The van der Waals surface area contributed by atoms with E-state index in [1.54, 1.807) is 0 Å². The smallest absolute Gasteiger partial charge is 0.132 e. The molecule has 0 aromatic rings. The van der Waals surface area contributed by atoms with Crippen molar-refractivity contribution in [3.63, 3.8) is 0 Å². The zero-order chi connectivity index (χ0) is 4.99. The minimum absolute atomic E-state index is 0. The van der Waals surface area contributed by atoms with Gasteiger partial charge >= 0.3 is 0 Å². The fourth-order valence-electron chi connectivity index (χ4n) is 0.250. The Labute approximate surface area is 82.6 Å². The fourth-order valence-corrected chi connectivity index (χ4v) is 0.250. The van der Waals surface area contributed by atoms with Crippen molar-refractivity contribution in [2.24, 2.45) is 0 Å². The van der Waals surface area contributed by atoms with Gasteiger partial charge in [-0.25, -0.2) is 0 Å². The van der Waals surface area contributed by atoms with Gasteiger partial charge in [0, 0.05) is 12.8 Å². The topological polar surface area (TPSA) is 17.1 Å². The minimum atomic E-state index is 0. The van der Waals surface area contributed by atoms with Crippen LogP contribution in [0.1, 0.15) is 71.2 Å². The summed E-state index contributed by atoms with van der Waals surface area (Å²) in [4.78, 5) is 10.2. The first-order chi connectivity index (χ1) is 2.81. The van der Waals surface area contributed by atoms with Crippen LogP contribution in [0.3, 0.4) is 0 Å². The van der Waals surface area contributed by atoms with Crippen LogP contribution in [0, 0.1) is 0 Å². The lowest BCUT2D eigenvalue weighted by molar-refractivity contribution is -0.118. The van der Waals surface area contributed by atoms with Gasteiger partial charge in [0.05, 0.1) is 0 Å². The number of rotatable bonds is 2. The van der Waals surface area contributed by atoms with E-state index < -0.39 is 0 Å². The first-order valence-corrected chi connectivity index (χ1v) is 2.33. The molecular weight excluding hydrogens is 148 g/mol. The molecule has 0 aliphatic rings. The Morgan fingerprint density at radius 1 is 0.750 bits per heavy atom. The maximum absolute atomic E-state index is 10.2. The van der Waals surface area contributed by atoms with E-state index in [1.165, 1.54) is 0 Å². The number of hydrogen-bond donors (Lipinski definition) is 0. The molecule has 0 unspecified atom stereocenters. The zero-order valence-corrected chi connectivity index (χ0v) is 4.32. The molecule has 0 aromatic carbocycles. The Balaban J connectivity index is -0.00000000833. The maximum Gasteiger partial charge on any atom is 0.132 e. The van der Waals surface area contributed by atoms with E-state index in [0.29, 0.717) is 18.6 Å². The van der Waals surface area contributed by atoms with E-state index in [9.17, 15) is 4.79 Å². The molecule has 0 bridgehead atoms. The highest BCUT2D eigenvalue weighted by Gasteiger charge is 1.86. The molecule has 0 atom stereocenters. The second-order valence-electron chi connectivity index (χ2n) is 1.25. The van der Waals surface area contributed by atoms with E-state index in [4.69, 9.17) is 0 Å². The molecule has 84 valence electrons. The summed E-state index contributed by atoms with van der Waals surface area (Å²) in [5.74, 6) is 0.343. The molecule has 0 aliphatic carbocycles. The van der Waals surface area contributed by atoms with Crippen molar-refractivity contribution in [3.05, 3.63) is 0 Å². The molecule has 0 spiro atoms. The van der Waals surface area contributed by atoms with Gasteiger partial charge in [0.1, 0.15) is 5.78 Å². The fraction of sp³-hybridized carbons (Fsp3) is 0.909. The molecule has 0 aliphatic heterocycles. The van der Waals surface area contributed by atoms with Crippen LogP contribution in [0.4, 0.5) is 0 Å². The summed E-state index contributed by atoms with van der Waals surface area (Å²) in [6.07, 6.45) is 1.38. The van der Waals surface area contributed by atoms with Gasteiger partial charge in [-0.15, -0.1) is 0 Å². The van der Waals surface area contributed by atoms with E-state index in [-0.39, 0.29) is 44.6 Å². The van der Waals surface area contributed by atoms with E-state index in [0.717, 1.165) is 0 Å². The van der Waals surface area contributed by atoms with Gasteiger partial charge in [0.25, 0.3) is 0 Å². The SMILES string of the molecule is C.C.C.C.C.C.CCC(=O)CC. The highest BCUT2D eigenvalue weighted by molar-refractivity contribution is 5.77. The Morgan fingerprint density at radius 2 is 0.917 bits per heavy atom. The summed E-state index contributed by atoms with van der Waals surface area (Å²) in [7, 11) is 0. The third-order valence-electron chi connectivity index (χ3n) is 0.789. The lowest BCUT2D eigenvalue weighted by Crippen LogP contribution is -1.88. The molecular formula is C11H34O. The van der Waals surface area contributed by atoms with Crippen LogP contribution >= 0.6 is 0 Å². The maximum atomic E-state index is 10.2. The quantitative estimate of drug-likeness (QED) is 0.574. The molecule has 0 fully saturated rings. The third kappa shape index (κ3) is 54.0. The number of Topliss-reactive ketones (excluding diaryl/α,β-unsaturated/α-hetero) is 1. The summed E-state index contributed by atoms with van der Waals surface area (Å²) in [5, 5.41) is 0. The third-order valence-corrected chi connectivity index (χ3v) is 0.789. The number of carbonyl (C=O) groups is 1. The van der Waals surface area contributed by atoms with E-state index in [1.807, 2.05) is 13.8 Å². The second kappa shape index (κ2) is 45.7. The predicted molar refractivity (Wildman–Crippen MR) is 66.0 cm³/mol. The van der Waals surface area contributed by atoms with Crippen LogP contribution in [0.5, 0.6) is 0 Å². The predicted octanol–water partition coefficient (Wildman–Crippen LogP) is 5.19.